The van der Waals surface area contributed by atoms with Gasteiger partial charge in [-0.05, 0) is 50.6 Å². The SMILES string of the molecule is Cc1ccc(OC(C)C(=O)Nc2ccc(Cl)c(Cl)c2)c(C)c1. The highest BCUT2D eigenvalue weighted by atomic mass is 35.5. The van der Waals surface area contributed by atoms with Crippen LogP contribution in [-0.2, 0) is 4.79 Å². The number of carbonyl (C=O) groups excluding carboxylic acids is 1. The summed E-state index contributed by atoms with van der Waals surface area (Å²) >= 11 is 11.8. The first kappa shape index (κ1) is 16.7. The van der Waals surface area contributed by atoms with Crippen LogP contribution in [0.5, 0.6) is 5.75 Å². The molecule has 0 fully saturated rings. The molecule has 1 N–H and O–H groups in total. The summed E-state index contributed by atoms with van der Waals surface area (Å²) in [5, 5.41) is 3.59. The summed E-state index contributed by atoms with van der Waals surface area (Å²) < 4.78 is 5.72. The number of halogens is 2. The van der Waals surface area contributed by atoms with Gasteiger partial charge in [-0.1, -0.05) is 40.9 Å². The maximum Gasteiger partial charge on any atom is 0.265 e. The van der Waals surface area contributed by atoms with Gasteiger partial charge >= 0.3 is 0 Å². The normalized spacial score (nSPS) is 11.9. The van der Waals surface area contributed by atoms with Crippen molar-refractivity contribution < 1.29 is 9.53 Å². The molecule has 2 aromatic rings. The molecule has 2 rings (SSSR count). The average Bonchev–Trinajstić information content (AvgIpc) is 2.45. The van der Waals surface area contributed by atoms with Crippen LogP contribution in [0.1, 0.15) is 18.1 Å². The lowest BCUT2D eigenvalue weighted by molar-refractivity contribution is -0.122. The van der Waals surface area contributed by atoms with E-state index in [0.29, 0.717) is 21.5 Å². The first-order valence-electron chi connectivity index (χ1n) is 6.86. The molecule has 0 heterocycles. The van der Waals surface area contributed by atoms with E-state index in [4.69, 9.17) is 27.9 Å². The van der Waals surface area contributed by atoms with Crippen molar-refractivity contribution in [3.8, 4) is 5.75 Å². The minimum atomic E-state index is -0.629. The van der Waals surface area contributed by atoms with Gasteiger partial charge in [0, 0.05) is 5.69 Å². The number of rotatable bonds is 4. The predicted octanol–water partition coefficient (Wildman–Crippen LogP) is 5.02. The zero-order valence-corrected chi connectivity index (χ0v) is 14.1. The van der Waals surface area contributed by atoms with E-state index in [1.54, 1.807) is 25.1 Å². The summed E-state index contributed by atoms with van der Waals surface area (Å²) in [7, 11) is 0. The molecule has 0 aliphatic rings. The lowest BCUT2D eigenvalue weighted by Crippen LogP contribution is -2.30. The Labute approximate surface area is 140 Å². The summed E-state index contributed by atoms with van der Waals surface area (Å²) in [5.74, 6) is 0.445. The number of nitrogens with one attached hydrogen (secondary N) is 1. The highest BCUT2D eigenvalue weighted by Crippen LogP contribution is 2.25. The van der Waals surface area contributed by atoms with Crippen LogP contribution in [-0.4, -0.2) is 12.0 Å². The number of aryl methyl sites for hydroxylation is 2. The van der Waals surface area contributed by atoms with E-state index >= 15 is 0 Å². The molecule has 1 amide bonds. The number of hydrogen-bond acceptors (Lipinski definition) is 2. The highest BCUT2D eigenvalue weighted by molar-refractivity contribution is 6.42. The third kappa shape index (κ3) is 4.15. The summed E-state index contributed by atoms with van der Waals surface area (Å²) in [6.07, 6.45) is -0.629. The minimum absolute atomic E-state index is 0.252. The molecule has 116 valence electrons. The average molecular weight is 338 g/mol. The molecular formula is C17H17Cl2NO2. The minimum Gasteiger partial charge on any atom is -0.481 e. The maximum absolute atomic E-state index is 12.2. The zero-order valence-electron chi connectivity index (χ0n) is 12.6. The van der Waals surface area contributed by atoms with Gasteiger partial charge in [0.2, 0.25) is 0 Å². The fourth-order valence-corrected chi connectivity index (χ4v) is 2.29. The molecule has 1 unspecified atom stereocenters. The van der Waals surface area contributed by atoms with Crippen LogP contribution in [0.4, 0.5) is 5.69 Å². The fraction of sp³-hybridized carbons (Fsp3) is 0.235. The first-order valence-corrected chi connectivity index (χ1v) is 7.62. The van der Waals surface area contributed by atoms with Crippen molar-refractivity contribution in [2.24, 2.45) is 0 Å². The van der Waals surface area contributed by atoms with Crippen molar-refractivity contribution in [1.29, 1.82) is 0 Å². The van der Waals surface area contributed by atoms with Crippen LogP contribution in [0.15, 0.2) is 36.4 Å². The van der Waals surface area contributed by atoms with Gasteiger partial charge in [0.05, 0.1) is 10.0 Å². The van der Waals surface area contributed by atoms with E-state index in [-0.39, 0.29) is 5.91 Å². The van der Waals surface area contributed by atoms with Gasteiger partial charge in [0.1, 0.15) is 5.75 Å². The van der Waals surface area contributed by atoms with Crippen molar-refractivity contribution in [3.63, 3.8) is 0 Å². The molecule has 0 spiro atoms. The van der Waals surface area contributed by atoms with Crippen molar-refractivity contribution in [3.05, 3.63) is 57.6 Å². The second-order valence-electron chi connectivity index (χ2n) is 5.15. The highest BCUT2D eigenvalue weighted by Gasteiger charge is 2.16. The number of carbonyl (C=O) groups is 1. The third-order valence-electron chi connectivity index (χ3n) is 3.19. The first-order chi connectivity index (χ1) is 10.4. The van der Waals surface area contributed by atoms with Crippen LogP contribution < -0.4 is 10.1 Å². The van der Waals surface area contributed by atoms with E-state index in [1.165, 1.54) is 0 Å². The number of anilines is 1. The summed E-state index contributed by atoms with van der Waals surface area (Å²) in [5.41, 5.74) is 2.72. The molecule has 0 aliphatic carbocycles. The number of benzene rings is 2. The Morgan fingerprint density at radius 1 is 1.09 bits per heavy atom. The van der Waals surface area contributed by atoms with E-state index in [1.807, 2.05) is 32.0 Å². The Kier molecular flexibility index (Phi) is 5.33. The van der Waals surface area contributed by atoms with Gasteiger partial charge in [-0.2, -0.15) is 0 Å². The Morgan fingerprint density at radius 2 is 1.82 bits per heavy atom. The van der Waals surface area contributed by atoms with Crippen LogP contribution in [0.3, 0.4) is 0 Å². The molecule has 1 atom stereocenters. The Balaban J connectivity index is 2.04. The fourth-order valence-electron chi connectivity index (χ4n) is 1.99. The zero-order chi connectivity index (χ0) is 16.3. The number of hydrogen-bond donors (Lipinski definition) is 1. The Hall–Kier alpha value is -1.71. The van der Waals surface area contributed by atoms with Gasteiger partial charge in [0.15, 0.2) is 6.10 Å². The van der Waals surface area contributed by atoms with Crippen LogP contribution in [0.2, 0.25) is 10.0 Å². The van der Waals surface area contributed by atoms with Gasteiger partial charge in [-0.25, -0.2) is 0 Å². The number of amides is 1. The van der Waals surface area contributed by atoms with Gasteiger partial charge in [0.25, 0.3) is 5.91 Å². The predicted molar refractivity (Wildman–Crippen MR) is 91.1 cm³/mol. The van der Waals surface area contributed by atoms with Gasteiger partial charge in [-0.3, -0.25) is 4.79 Å². The molecule has 22 heavy (non-hydrogen) atoms. The maximum atomic E-state index is 12.2. The van der Waals surface area contributed by atoms with Crippen molar-refractivity contribution in [2.75, 3.05) is 5.32 Å². The topological polar surface area (TPSA) is 38.3 Å². The summed E-state index contributed by atoms with van der Waals surface area (Å²) in [6.45, 7) is 5.66. The molecular weight excluding hydrogens is 321 g/mol. The Bertz CT molecular complexity index is 701. The van der Waals surface area contributed by atoms with Gasteiger partial charge in [-0.15, -0.1) is 0 Å². The molecule has 0 radical (unpaired) electrons. The van der Waals surface area contributed by atoms with Crippen LogP contribution >= 0.6 is 23.2 Å². The quantitative estimate of drug-likeness (QED) is 0.850. The smallest absolute Gasteiger partial charge is 0.265 e. The second-order valence-corrected chi connectivity index (χ2v) is 5.96. The molecule has 0 saturated heterocycles. The molecule has 5 heteroatoms. The molecule has 0 aromatic heterocycles. The van der Waals surface area contributed by atoms with Crippen molar-refractivity contribution >= 4 is 34.8 Å². The third-order valence-corrected chi connectivity index (χ3v) is 3.93. The molecule has 2 aromatic carbocycles. The molecule has 3 nitrogen and oxygen atoms in total. The summed E-state index contributed by atoms with van der Waals surface area (Å²) in [6, 6.07) is 10.8. The lowest BCUT2D eigenvalue weighted by atomic mass is 10.1. The Morgan fingerprint density at radius 3 is 2.45 bits per heavy atom. The van der Waals surface area contributed by atoms with Crippen molar-refractivity contribution in [2.45, 2.75) is 26.9 Å². The van der Waals surface area contributed by atoms with E-state index in [0.717, 1.165) is 11.1 Å². The van der Waals surface area contributed by atoms with Crippen LogP contribution in [0, 0.1) is 13.8 Å². The van der Waals surface area contributed by atoms with Crippen LogP contribution in [0.25, 0.3) is 0 Å². The number of ether oxygens (including phenoxy) is 1. The van der Waals surface area contributed by atoms with Gasteiger partial charge < -0.3 is 10.1 Å². The van der Waals surface area contributed by atoms with E-state index in [9.17, 15) is 4.79 Å². The standard InChI is InChI=1S/C17H17Cl2NO2/c1-10-4-7-16(11(2)8-10)22-12(3)17(21)20-13-5-6-14(18)15(19)9-13/h4-9,12H,1-3H3,(H,20,21). The molecule has 0 bridgehead atoms. The lowest BCUT2D eigenvalue weighted by Gasteiger charge is -2.16. The largest absolute Gasteiger partial charge is 0.481 e. The second kappa shape index (κ2) is 7.03. The van der Waals surface area contributed by atoms with Crippen molar-refractivity contribution in [1.82, 2.24) is 0 Å². The molecule has 0 aliphatic heterocycles. The van der Waals surface area contributed by atoms with E-state index < -0.39 is 6.10 Å². The summed E-state index contributed by atoms with van der Waals surface area (Å²) in [4.78, 5) is 12.2. The molecule has 0 saturated carbocycles. The van der Waals surface area contributed by atoms with E-state index in [2.05, 4.69) is 5.32 Å². The monoisotopic (exact) mass is 337 g/mol.